The Morgan fingerprint density at radius 3 is 2.53 bits per heavy atom. The predicted octanol–water partition coefficient (Wildman–Crippen LogP) is 2.01. The molecule has 4 heteroatoms. The van der Waals surface area contributed by atoms with Crippen molar-refractivity contribution in [3.05, 3.63) is 11.7 Å². The van der Waals surface area contributed by atoms with Crippen LogP contribution in [0.4, 0.5) is 0 Å². The first kappa shape index (κ1) is 10.6. The first-order chi connectivity index (χ1) is 7.38. The SMILES string of the molecule is CCc1noc(CN2CCCCCC2)n1. The number of hydrogen-bond acceptors (Lipinski definition) is 4. The highest BCUT2D eigenvalue weighted by molar-refractivity contribution is 4.85. The average molecular weight is 209 g/mol. The number of aromatic nitrogens is 2. The fraction of sp³-hybridized carbons (Fsp3) is 0.818. The quantitative estimate of drug-likeness (QED) is 0.763. The van der Waals surface area contributed by atoms with Gasteiger partial charge in [-0.1, -0.05) is 24.9 Å². The zero-order valence-corrected chi connectivity index (χ0v) is 9.41. The van der Waals surface area contributed by atoms with Crippen LogP contribution in [0.15, 0.2) is 4.52 Å². The van der Waals surface area contributed by atoms with E-state index in [1.807, 2.05) is 6.92 Å². The van der Waals surface area contributed by atoms with E-state index in [-0.39, 0.29) is 0 Å². The van der Waals surface area contributed by atoms with Crippen molar-refractivity contribution in [3.63, 3.8) is 0 Å². The summed E-state index contributed by atoms with van der Waals surface area (Å²) in [7, 11) is 0. The number of likely N-dealkylation sites (tertiary alicyclic amines) is 1. The summed E-state index contributed by atoms with van der Waals surface area (Å²) in [6, 6.07) is 0. The summed E-state index contributed by atoms with van der Waals surface area (Å²) < 4.78 is 5.20. The molecule has 0 saturated carbocycles. The Morgan fingerprint density at radius 2 is 1.93 bits per heavy atom. The Kier molecular flexibility index (Phi) is 3.72. The summed E-state index contributed by atoms with van der Waals surface area (Å²) in [5.41, 5.74) is 0. The molecule has 1 aliphatic heterocycles. The highest BCUT2D eigenvalue weighted by Gasteiger charge is 2.13. The van der Waals surface area contributed by atoms with Gasteiger partial charge in [-0.25, -0.2) is 0 Å². The molecule has 0 radical (unpaired) electrons. The summed E-state index contributed by atoms with van der Waals surface area (Å²) in [4.78, 5) is 6.75. The van der Waals surface area contributed by atoms with E-state index in [0.29, 0.717) is 0 Å². The van der Waals surface area contributed by atoms with Crippen molar-refractivity contribution in [2.45, 2.75) is 45.6 Å². The lowest BCUT2D eigenvalue weighted by molar-refractivity contribution is 0.233. The van der Waals surface area contributed by atoms with Crippen LogP contribution in [0.2, 0.25) is 0 Å². The Balaban J connectivity index is 1.89. The molecule has 84 valence electrons. The van der Waals surface area contributed by atoms with Crippen LogP contribution in [0.5, 0.6) is 0 Å². The van der Waals surface area contributed by atoms with Crippen molar-refractivity contribution in [3.8, 4) is 0 Å². The van der Waals surface area contributed by atoms with E-state index >= 15 is 0 Å². The van der Waals surface area contributed by atoms with Gasteiger partial charge in [-0.05, 0) is 25.9 Å². The third-order valence-electron chi connectivity index (χ3n) is 2.88. The van der Waals surface area contributed by atoms with Crippen LogP contribution < -0.4 is 0 Å². The predicted molar refractivity (Wildman–Crippen MR) is 57.4 cm³/mol. The molecule has 0 unspecified atom stereocenters. The van der Waals surface area contributed by atoms with Gasteiger partial charge in [0.25, 0.3) is 0 Å². The summed E-state index contributed by atoms with van der Waals surface area (Å²) in [6.07, 6.45) is 6.17. The van der Waals surface area contributed by atoms with Crippen molar-refractivity contribution in [2.24, 2.45) is 0 Å². The number of rotatable bonds is 3. The van der Waals surface area contributed by atoms with Crippen LogP contribution in [0.25, 0.3) is 0 Å². The fourth-order valence-corrected chi connectivity index (χ4v) is 1.98. The van der Waals surface area contributed by atoms with Gasteiger partial charge in [-0.3, -0.25) is 4.90 Å². The van der Waals surface area contributed by atoms with Crippen molar-refractivity contribution < 1.29 is 4.52 Å². The normalized spacial score (nSPS) is 19.0. The van der Waals surface area contributed by atoms with Gasteiger partial charge >= 0.3 is 0 Å². The highest BCUT2D eigenvalue weighted by Crippen LogP contribution is 2.12. The summed E-state index contributed by atoms with van der Waals surface area (Å²) in [5, 5.41) is 3.91. The van der Waals surface area contributed by atoms with Gasteiger partial charge < -0.3 is 4.52 Å². The molecule has 0 N–H and O–H groups in total. The van der Waals surface area contributed by atoms with Gasteiger partial charge in [0.15, 0.2) is 5.82 Å². The first-order valence-corrected chi connectivity index (χ1v) is 5.92. The molecule has 1 aliphatic rings. The van der Waals surface area contributed by atoms with Gasteiger partial charge in [0.1, 0.15) is 0 Å². The van der Waals surface area contributed by atoms with E-state index in [2.05, 4.69) is 15.0 Å². The molecular formula is C11H19N3O. The van der Waals surface area contributed by atoms with Crippen molar-refractivity contribution in [1.82, 2.24) is 15.0 Å². The molecule has 1 fully saturated rings. The largest absolute Gasteiger partial charge is 0.338 e. The van der Waals surface area contributed by atoms with Crippen LogP contribution in [0, 0.1) is 0 Å². The second kappa shape index (κ2) is 5.26. The maximum Gasteiger partial charge on any atom is 0.240 e. The Morgan fingerprint density at radius 1 is 1.20 bits per heavy atom. The molecule has 0 aliphatic carbocycles. The van der Waals surface area contributed by atoms with Gasteiger partial charge in [-0.15, -0.1) is 0 Å². The van der Waals surface area contributed by atoms with Crippen LogP contribution in [-0.2, 0) is 13.0 Å². The molecule has 1 saturated heterocycles. The molecule has 2 heterocycles. The number of aryl methyl sites for hydroxylation is 1. The van der Waals surface area contributed by atoms with E-state index in [4.69, 9.17) is 4.52 Å². The van der Waals surface area contributed by atoms with Crippen molar-refractivity contribution >= 4 is 0 Å². The van der Waals surface area contributed by atoms with Gasteiger partial charge in [0.05, 0.1) is 6.54 Å². The molecule has 2 rings (SSSR count). The maximum atomic E-state index is 5.20. The van der Waals surface area contributed by atoms with Crippen LogP contribution in [0.3, 0.4) is 0 Å². The average Bonchev–Trinajstić information content (AvgIpc) is 2.54. The molecule has 4 nitrogen and oxygen atoms in total. The summed E-state index contributed by atoms with van der Waals surface area (Å²) in [5.74, 6) is 1.59. The Bertz CT molecular complexity index is 290. The second-order valence-corrected chi connectivity index (χ2v) is 4.15. The zero-order valence-electron chi connectivity index (χ0n) is 9.41. The van der Waals surface area contributed by atoms with Gasteiger partial charge in [0, 0.05) is 6.42 Å². The van der Waals surface area contributed by atoms with E-state index in [1.165, 1.54) is 38.8 Å². The lowest BCUT2D eigenvalue weighted by Crippen LogP contribution is -2.24. The minimum Gasteiger partial charge on any atom is -0.338 e. The summed E-state index contributed by atoms with van der Waals surface area (Å²) >= 11 is 0. The molecule has 15 heavy (non-hydrogen) atoms. The second-order valence-electron chi connectivity index (χ2n) is 4.15. The standard InChI is InChI=1S/C11H19N3O/c1-2-10-12-11(15-13-10)9-14-7-5-3-4-6-8-14/h2-9H2,1H3. The minimum absolute atomic E-state index is 0.772. The van der Waals surface area contributed by atoms with Crippen LogP contribution in [0.1, 0.15) is 44.3 Å². The molecule has 1 aromatic heterocycles. The van der Waals surface area contributed by atoms with Crippen LogP contribution >= 0.6 is 0 Å². The first-order valence-electron chi connectivity index (χ1n) is 5.92. The Hall–Kier alpha value is -0.900. The fourth-order valence-electron chi connectivity index (χ4n) is 1.98. The molecular weight excluding hydrogens is 190 g/mol. The lowest BCUT2D eigenvalue weighted by Gasteiger charge is -2.16. The van der Waals surface area contributed by atoms with Crippen molar-refractivity contribution in [1.29, 1.82) is 0 Å². The topological polar surface area (TPSA) is 42.2 Å². The van der Waals surface area contributed by atoms with E-state index in [9.17, 15) is 0 Å². The van der Waals surface area contributed by atoms with E-state index < -0.39 is 0 Å². The zero-order chi connectivity index (χ0) is 10.5. The van der Waals surface area contributed by atoms with E-state index in [1.54, 1.807) is 0 Å². The number of nitrogens with zero attached hydrogens (tertiary/aromatic N) is 3. The van der Waals surface area contributed by atoms with Crippen LogP contribution in [-0.4, -0.2) is 28.1 Å². The third kappa shape index (κ3) is 3.02. The Labute approximate surface area is 90.7 Å². The molecule has 0 atom stereocenters. The third-order valence-corrected chi connectivity index (χ3v) is 2.88. The number of hydrogen-bond donors (Lipinski definition) is 0. The maximum absolute atomic E-state index is 5.20. The van der Waals surface area contributed by atoms with Gasteiger partial charge in [-0.2, -0.15) is 4.98 Å². The monoisotopic (exact) mass is 209 g/mol. The highest BCUT2D eigenvalue weighted by atomic mass is 16.5. The van der Waals surface area contributed by atoms with Gasteiger partial charge in [0.2, 0.25) is 5.89 Å². The molecule has 0 aromatic carbocycles. The summed E-state index contributed by atoms with van der Waals surface area (Å²) in [6.45, 7) is 5.21. The molecule has 0 amide bonds. The molecule has 0 bridgehead atoms. The molecule has 1 aromatic rings. The smallest absolute Gasteiger partial charge is 0.240 e. The lowest BCUT2D eigenvalue weighted by atomic mass is 10.2. The van der Waals surface area contributed by atoms with Crippen molar-refractivity contribution in [2.75, 3.05) is 13.1 Å². The minimum atomic E-state index is 0.772. The molecule has 0 spiro atoms. The van der Waals surface area contributed by atoms with E-state index in [0.717, 1.165) is 24.7 Å².